The van der Waals surface area contributed by atoms with E-state index in [1.165, 1.54) is 11.0 Å². The summed E-state index contributed by atoms with van der Waals surface area (Å²) in [7, 11) is 0. The van der Waals surface area contributed by atoms with Gasteiger partial charge in [-0.25, -0.2) is 4.79 Å². The van der Waals surface area contributed by atoms with E-state index in [0.29, 0.717) is 10.7 Å². The van der Waals surface area contributed by atoms with Crippen LogP contribution >= 0.6 is 11.6 Å². The van der Waals surface area contributed by atoms with Gasteiger partial charge in [0.1, 0.15) is 11.7 Å². The molecule has 0 unspecified atom stereocenters. The molecule has 0 spiro atoms. The Balaban J connectivity index is 2.33. The summed E-state index contributed by atoms with van der Waals surface area (Å²) >= 11 is 5.93. The molecule has 0 saturated carbocycles. The monoisotopic (exact) mass is 300 g/mol. The number of carboxylic acids is 1. The predicted molar refractivity (Wildman–Crippen MR) is 72.9 cm³/mol. The molecule has 2 rings (SSSR count). The zero-order valence-electron chi connectivity index (χ0n) is 11.3. The number of aliphatic hydroxyl groups is 1. The smallest absolute Gasteiger partial charge is 0.326 e. The summed E-state index contributed by atoms with van der Waals surface area (Å²) < 4.78 is 1.70. The Morgan fingerprint density at radius 1 is 1.45 bits per heavy atom. The number of aliphatic hydroxyl groups excluding tert-OH is 1. The standard InChI is InChI=1S/C13H17ClN2O4/c1-7(2)15-5-8(14)3-10(15)12(18)16-6-9(17)4-11(16)13(19)20/h3,5,7,9,11,17H,4,6H2,1-2H3,(H,19,20)/t9-,11-/m0/s1. The van der Waals surface area contributed by atoms with E-state index in [1.54, 1.807) is 10.8 Å². The fraction of sp³-hybridized carbons (Fsp3) is 0.538. The lowest BCUT2D eigenvalue weighted by molar-refractivity contribution is -0.141. The van der Waals surface area contributed by atoms with Gasteiger partial charge in [-0.3, -0.25) is 4.79 Å². The van der Waals surface area contributed by atoms with Gasteiger partial charge in [-0.05, 0) is 19.9 Å². The Hall–Kier alpha value is -1.53. The van der Waals surface area contributed by atoms with Gasteiger partial charge in [-0.1, -0.05) is 11.6 Å². The maximum absolute atomic E-state index is 12.5. The highest BCUT2D eigenvalue weighted by atomic mass is 35.5. The molecule has 1 aliphatic heterocycles. The molecule has 1 aromatic rings. The Kier molecular flexibility index (Phi) is 4.06. The molecular weight excluding hydrogens is 284 g/mol. The lowest BCUT2D eigenvalue weighted by Crippen LogP contribution is -2.41. The quantitative estimate of drug-likeness (QED) is 0.883. The molecule has 7 heteroatoms. The molecule has 1 fully saturated rings. The second-order valence-corrected chi connectivity index (χ2v) is 5.68. The predicted octanol–water partition coefficient (Wildman–Crippen LogP) is 1.38. The van der Waals surface area contributed by atoms with Crippen LogP contribution in [0, 0.1) is 0 Å². The number of carboxylic acid groups (broad SMARTS) is 1. The largest absolute Gasteiger partial charge is 0.480 e. The van der Waals surface area contributed by atoms with Gasteiger partial charge in [0.2, 0.25) is 0 Å². The highest BCUT2D eigenvalue weighted by Crippen LogP contribution is 2.25. The third kappa shape index (κ3) is 2.66. The number of carbonyl (C=O) groups excluding carboxylic acids is 1. The summed E-state index contributed by atoms with van der Waals surface area (Å²) in [6, 6.07) is 0.553. The fourth-order valence-corrected chi connectivity index (χ4v) is 2.67. The highest BCUT2D eigenvalue weighted by Gasteiger charge is 2.40. The molecule has 0 aliphatic carbocycles. The van der Waals surface area contributed by atoms with E-state index in [-0.39, 0.29) is 19.0 Å². The summed E-state index contributed by atoms with van der Waals surface area (Å²) in [5.41, 5.74) is 0.338. The van der Waals surface area contributed by atoms with Gasteiger partial charge in [0.25, 0.3) is 5.91 Å². The van der Waals surface area contributed by atoms with Crippen molar-refractivity contribution in [3.8, 4) is 0 Å². The molecular formula is C13H17ClN2O4. The van der Waals surface area contributed by atoms with Crippen molar-refractivity contribution in [3.05, 3.63) is 23.0 Å². The SMILES string of the molecule is CC(C)n1cc(Cl)cc1C(=O)N1C[C@@H](O)C[C@H]1C(=O)O. The Labute approximate surface area is 121 Å². The first kappa shape index (κ1) is 14.9. The van der Waals surface area contributed by atoms with E-state index < -0.39 is 24.0 Å². The summed E-state index contributed by atoms with van der Waals surface area (Å²) in [6.07, 6.45) is 0.886. The lowest BCUT2D eigenvalue weighted by Gasteiger charge is -2.22. The number of hydrogen-bond acceptors (Lipinski definition) is 3. The number of halogens is 1. The zero-order valence-corrected chi connectivity index (χ0v) is 12.0. The molecule has 1 aliphatic rings. The second kappa shape index (κ2) is 5.46. The second-order valence-electron chi connectivity index (χ2n) is 5.25. The van der Waals surface area contributed by atoms with E-state index >= 15 is 0 Å². The Bertz CT molecular complexity index is 540. The van der Waals surface area contributed by atoms with Crippen LogP contribution in [0.3, 0.4) is 0 Å². The van der Waals surface area contributed by atoms with Crippen LogP contribution in [0.1, 0.15) is 36.8 Å². The molecule has 1 saturated heterocycles. The summed E-state index contributed by atoms with van der Waals surface area (Å²) in [5.74, 6) is -1.53. The first-order valence-electron chi connectivity index (χ1n) is 6.40. The van der Waals surface area contributed by atoms with E-state index in [0.717, 1.165) is 0 Å². The average Bonchev–Trinajstić information content (AvgIpc) is 2.91. The topological polar surface area (TPSA) is 82.8 Å². The summed E-state index contributed by atoms with van der Waals surface area (Å²) in [6.45, 7) is 3.83. The number of β-amino-alcohol motifs (C(OH)–C–C–N with tert-alkyl or cyclic N) is 1. The Morgan fingerprint density at radius 2 is 2.10 bits per heavy atom. The summed E-state index contributed by atoms with van der Waals surface area (Å²) in [5, 5.41) is 19.2. The molecule has 1 amide bonds. The molecule has 6 nitrogen and oxygen atoms in total. The van der Waals surface area contributed by atoms with E-state index in [9.17, 15) is 14.7 Å². The van der Waals surface area contributed by atoms with E-state index in [1.807, 2.05) is 13.8 Å². The van der Waals surface area contributed by atoms with Gasteiger partial charge in [-0.15, -0.1) is 0 Å². The third-order valence-corrected chi connectivity index (χ3v) is 3.62. The van der Waals surface area contributed by atoms with Crippen molar-refractivity contribution in [2.24, 2.45) is 0 Å². The number of amides is 1. The molecule has 110 valence electrons. The molecule has 20 heavy (non-hydrogen) atoms. The van der Waals surface area contributed by atoms with Crippen molar-refractivity contribution in [1.29, 1.82) is 0 Å². The molecule has 2 N–H and O–H groups in total. The maximum atomic E-state index is 12.5. The van der Waals surface area contributed by atoms with Crippen LogP contribution in [-0.4, -0.2) is 50.2 Å². The van der Waals surface area contributed by atoms with Crippen molar-refractivity contribution in [2.45, 2.75) is 38.5 Å². The minimum Gasteiger partial charge on any atom is -0.480 e. The van der Waals surface area contributed by atoms with Crippen molar-refractivity contribution in [2.75, 3.05) is 6.54 Å². The van der Waals surface area contributed by atoms with Crippen LogP contribution < -0.4 is 0 Å². The van der Waals surface area contributed by atoms with Crippen LogP contribution in [-0.2, 0) is 4.79 Å². The lowest BCUT2D eigenvalue weighted by atomic mass is 10.2. The molecule has 2 atom stereocenters. The number of aromatic nitrogens is 1. The molecule has 2 heterocycles. The van der Waals surface area contributed by atoms with Crippen molar-refractivity contribution >= 4 is 23.5 Å². The minimum absolute atomic E-state index is 0.0245. The first-order chi connectivity index (χ1) is 9.31. The van der Waals surface area contributed by atoms with Crippen LogP contribution in [0.2, 0.25) is 5.02 Å². The minimum atomic E-state index is -1.11. The van der Waals surface area contributed by atoms with Gasteiger partial charge in [0.05, 0.1) is 11.1 Å². The number of hydrogen-bond donors (Lipinski definition) is 2. The van der Waals surface area contributed by atoms with Crippen LogP contribution in [0.25, 0.3) is 0 Å². The maximum Gasteiger partial charge on any atom is 0.326 e. The number of aliphatic carboxylic acids is 1. The van der Waals surface area contributed by atoms with Crippen molar-refractivity contribution in [3.63, 3.8) is 0 Å². The zero-order chi connectivity index (χ0) is 15.0. The summed E-state index contributed by atoms with van der Waals surface area (Å²) in [4.78, 5) is 24.9. The Morgan fingerprint density at radius 3 is 2.65 bits per heavy atom. The van der Waals surface area contributed by atoms with Crippen LogP contribution in [0.15, 0.2) is 12.3 Å². The number of likely N-dealkylation sites (tertiary alicyclic amines) is 1. The molecule has 0 radical (unpaired) electrons. The van der Waals surface area contributed by atoms with Crippen LogP contribution in [0.4, 0.5) is 0 Å². The number of nitrogens with zero attached hydrogens (tertiary/aromatic N) is 2. The van der Waals surface area contributed by atoms with Gasteiger partial charge >= 0.3 is 5.97 Å². The average molecular weight is 301 g/mol. The van der Waals surface area contributed by atoms with Gasteiger partial charge in [0.15, 0.2) is 0 Å². The van der Waals surface area contributed by atoms with E-state index in [2.05, 4.69) is 0 Å². The molecule has 0 aromatic carbocycles. The number of rotatable bonds is 3. The molecule has 0 bridgehead atoms. The van der Waals surface area contributed by atoms with Crippen molar-refractivity contribution < 1.29 is 19.8 Å². The number of carbonyl (C=O) groups is 2. The van der Waals surface area contributed by atoms with Crippen molar-refractivity contribution in [1.82, 2.24) is 9.47 Å². The molecule has 1 aromatic heterocycles. The first-order valence-corrected chi connectivity index (χ1v) is 6.78. The van der Waals surface area contributed by atoms with E-state index in [4.69, 9.17) is 16.7 Å². The third-order valence-electron chi connectivity index (χ3n) is 3.42. The van der Waals surface area contributed by atoms with Gasteiger partial charge in [0, 0.05) is 25.2 Å². The van der Waals surface area contributed by atoms with Gasteiger partial charge in [-0.2, -0.15) is 0 Å². The fourth-order valence-electron chi connectivity index (χ4n) is 2.46. The van der Waals surface area contributed by atoms with Gasteiger partial charge < -0.3 is 19.7 Å². The normalized spacial score (nSPS) is 22.6. The van der Waals surface area contributed by atoms with Crippen LogP contribution in [0.5, 0.6) is 0 Å². The highest BCUT2D eigenvalue weighted by molar-refractivity contribution is 6.31.